The summed E-state index contributed by atoms with van der Waals surface area (Å²) in [5.74, 6) is 0.483. The molecule has 0 saturated carbocycles. The van der Waals surface area contributed by atoms with Crippen LogP contribution in [0.15, 0.2) is 11.4 Å². The van der Waals surface area contributed by atoms with E-state index in [1.165, 1.54) is 11.3 Å². The lowest BCUT2D eigenvalue weighted by Gasteiger charge is -2.26. The first kappa shape index (κ1) is 12.3. The molecule has 1 fully saturated rings. The van der Waals surface area contributed by atoms with Gasteiger partial charge in [0.25, 0.3) is 5.91 Å². The smallest absolute Gasteiger partial charge is 0.267 e. The number of rotatable bonds is 3. The van der Waals surface area contributed by atoms with Crippen molar-refractivity contribution in [1.29, 1.82) is 0 Å². The van der Waals surface area contributed by atoms with Gasteiger partial charge in [0.2, 0.25) is 0 Å². The first-order valence-corrected chi connectivity index (χ1v) is 6.30. The van der Waals surface area contributed by atoms with Crippen molar-refractivity contribution < 1.29 is 14.6 Å². The predicted molar refractivity (Wildman–Crippen MR) is 65.6 cm³/mol. The molecule has 2 atom stereocenters. The number of carbonyl (C=O) groups is 1. The number of β-amino-alcohol motifs (C(OH)–C–C–N with tert-alkyl or cyclic N) is 1. The van der Waals surface area contributed by atoms with Gasteiger partial charge in [-0.3, -0.25) is 4.79 Å². The molecule has 6 heteroatoms. The van der Waals surface area contributed by atoms with E-state index in [2.05, 4.69) is 5.32 Å². The van der Waals surface area contributed by atoms with Crippen molar-refractivity contribution in [2.24, 2.45) is 0 Å². The quantitative estimate of drug-likeness (QED) is 0.809. The minimum absolute atomic E-state index is 0.107. The van der Waals surface area contributed by atoms with E-state index in [0.717, 1.165) is 0 Å². The monoisotopic (exact) mass is 256 g/mol. The number of thiophene rings is 1. The molecule has 0 aromatic carbocycles. The summed E-state index contributed by atoms with van der Waals surface area (Å²) in [6.07, 6.45) is -0.505. The highest BCUT2D eigenvalue weighted by molar-refractivity contribution is 7.12. The number of ether oxygens (including phenoxy) is 1. The molecule has 1 saturated heterocycles. The lowest BCUT2D eigenvalue weighted by Crippen LogP contribution is -2.44. The molecule has 2 N–H and O–H groups in total. The number of likely N-dealkylation sites (N-methyl/N-ethyl adjacent to an activating group) is 1. The highest BCUT2D eigenvalue weighted by Crippen LogP contribution is 2.26. The summed E-state index contributed by atoms with van der Waals surface area (Å²) in [6, 6.07) is 1.60. The van der Waals surface area contributed by atoms with Gasteiger partial charge in [-0.15, -0.1) is 11.3 Å². The lowest BCUT2D eigenvalue weighted by molar-refractivity contribution is 0.0583. The molecule has 0 unspecified atom stereocenters. The summed E-state index contributed by atoms with van der Waals surface area (Å²) < 4.78 is 5.13. The van der Waals surface area contributed by atoms with Gasteiger partial charge >= 0.3 is 0 Å². The van der Waals surface area contributed by atoms with Crippen LogP contribution in [0, 0.1) is 0 Å². The minimum Gasteiger partial charge on any atom is -0.495 e. The Morgan fingerprint density at radius 1 is 1.65 bits per heavy atom. The molecular formula is C11H16N2O3S. The van der Waals surface area contributed by atoms with Crippen molar-refractivity contribution in [3.63, 3.8) is 0 Å². The molecule has 2 rings (SSSR count). The largest absolute Gasteiger partial charge is 0.495 e. The standard InChI is InChI=1S/C11H16N2O3S/c1-13(7-5-12-6-8(7)14)11(15)10-9(16-2)3-4-17-10/h3-4,7-8,12,14H,5-6H2,1-2H3/t7-,8-/m0/s1. The molecule has 0 radical (unpaired) electrons. The van der Waals surface area contributed by atoms with Gasteiger partial charge < -0.3 is 20.1 Å². The summed E-state index contributed by atoms with van der Waals surface area (Å²) in [4.78, 5) is 14.4. The SMILES string of the molecule is COc1ccsc1C(=O)N(C)[C@H]1CNC[C@@H]1O. The van der Waals surface area contributed by atoms with Gasteiger partial charge in [-0.1, -0.05) is 0 Å². The number of amides is 1. The summed E-state index contributed by atoms with van der Waals surface area (Å²) in [5, 5.41) is 14.6. The van der Waals surface area contributed by atoms with Crippen LogP contribution < -0.4 is 10.1 Å². The molecule has 1 aromatic rings. The third-order valence-corrected chi connectivity index (χ3v) is 3.90. The number of nitrogens with zero attached hydrogens (tertiary/aromatic N) is 1. The minimum atomic E-state index is -0.505. The van der Waals surface area contributed by atoms with Crippen molar-refractivity contribution >= 4 is 17.2 Å². The van der Waals surface area contributed by atoms with Gasteiger partial charge in [-0.25, -0.2) is 0 Å². The van der Waals surface area contributed by atoms with Crippen LogP contribution in [0.2, 0.25) is 0 Å². The van der Waals surface area contributed by atoms with E-state index < -0.39 is 6.10 Å². The zero-order valence-electron chi connectivity index (χ0n) is 9.84. The predicted octanol–water partition coefficient (Wildman–Crippen LogP) is 0.161. The van der Waals surface area contributed by atoms with Crippen LogP contribution in [-0.2, 0) is 0 Å². The second kappa shape index (κ2) is 5.03. The fraction of sp³-hybridized carbons (Fsp3) is 0.545. The molecule has 2 heterocycles. The van der Waals surface area contributed by atoms with Crippen molar-refractivity contribution in [3.05, 3.63) is 16.3 Å². The van der Waals surface area contributed by atoms with Crippen molar-refractivity contribution in [2.75, 3.05) is 27.2 Å². The summed E-state index contributed by atoms with van der Waals surface area (Å²) >= 11 is 1.35. The Morgan fingerprint density at radius 2 is 2.41 bits per heavy atom. The van der Waals surface area contributed by atoms with Crippen LogP contribution in [0.1, 0.15) is 9.67 Å². The summed E-state index contributed by atoms with van der Waals surface area (Å²) in [6.45, 7) is 1.15. The van der Waals surface area contributed by atoms with E-state index >= 15 is 0 Å². The fourth-order valence-electron chi connectivity index (χ4n) is 1.97. The Labute approximate surface area is 104 Å². The molecule has 94 valence electrons. The van der Waals surface area contributed by atoms with Crippen molar-refractivity contribution in [1.82, 2.24) is 10.2 Å². The van der Waals surface area contributed by atoms with Crippen LogP contribution in [0.4, 0.5) is 0 Å². The second-order valence-electron chi connectivity index (χ2n) is 4.03. The van der Waals surface area contributed by atoms with E-state index in [-0.39, 0.29) is 11.9 Å². The van der Waals surface area contributed by atoms with Gasteiger partial charge in [0.15, 0.2) is 0 Å². The topological polar surface area (TPSA) is 61.8 Å². The van der Waals surface area contributed by atoms with Crippen molar-refractivity contribution in [2.45, 2.75) is 12.1 Å². The molecule has 17 heavy (non-hydrogen) atoms. The molecule has 0 spiro atoms. The molecule has 0 bridgehead atoms. The number of hydrogen-bond donors (Lipinski definition) is 2. The molecular weight excluding hydrogens is 240 g/mol. The number of nitrogens with one attached hydrogen (secondary N) is 1. The van der Waals surface area contributed by atoms with E-state index in [9.17, 15) is 9.90 Å². The first-order chi connectivity index (χ1) is 8.15. The number of methoxy groups -OCH3 is 1. The van der Waals surface area contributed by atoms with Crippen LogP contribution in [0.25, 0.3) is 0 Å². The third kappa shape index (κ3) is 2.29. The van der Waals surface area contributed by atoms with E-state index in [4.69, 9.17) is 4.74 Å². The highest BCUT2D eigenvalue weighted by Gasteiger charge is 2.32. The summed E-state index contributed by atoms with van der Waals surface area (Å²) in [5.41, 5.74) is 0. The van der Waals surface area contributed by atoms with E-state index in [1.54, 1.807) is 25.1 Å². The van der Waals surface area contributed by atoms with Crippen LogP contribution in [-0.4, -0.2) is 55.3 Å². The zero-order chi connectivity index (χ0) is 12.4. The van der Waals surface area contributed by atoms with Gasteiger partial charge in [0, 0.05) is 20.1 Å². The summed E-state index contributed by atoms with van der Waals surface area (Å²) in [7, 11) is 3.26. The highest BCUT2D eigenvalue weighted by atomic mass is 32.1. The zero-order valence-corrected chi connectivity index (χ0v) is 10.7. The third-order valence-electron chi connectivity index (χ3n) is 3.01. The second-order valence-corrected chi connectivity index (χ2v) is 4.94. The van der Waals surface area contributed by atoms with Gasteiger partial charge in [-0.05, 0) is 11.4 Å². The molecule has 1 aromatic heterocycles. The molecule has 1 aliphatic rings. The fourth-order valence-corrected chi connectivity index (χ4v) is 2.81. The van der Waals surface area contributed by atoms with Gasteiger partial charge in [0.05, 0.1) is 19.3 Å². The Kier molecular flexibility index (Phi) is 3.66. The average Bonchev–Trinajstić information content (AvgIpc) is 2.95. The molecule has 0 aliphatic carbocycles. The Hall–Kier alpha value is -1.11. The molecule has 5 nitrogen and oxygen atoms in total. The Bertz CT molecular complexity index is 407. The Morgan fingerprint density at radius 3 is 3.00 bits per heavy atom. The van der Waals surface area contributed by atoms with Crippen LogP contribution in [0.5, 0.6) is 5.75 Å². The Balaban J connectivity index is 2.14. The van der Waals surface area contributed by atoms with Crippen molar-refractivity contribution in [3.8, 4) is 5.75 Å². The number of aliphatic hydroxyl groups is 1. The van der Waals surface area contributed by atoms with Gasteiger partial charge in [0.1, 0.15) is 10.6 Å². The number of hydrogen-bond acceptors (Lipinski definition) is 5. The van der Waals surface area contributed by atoms with Crippen LogP contribution >= 0.6 is 11.3 Å². The van der Waals surface area contributed by atoms with Crippen LogP contribution in [0.3, 0.4) is 0 Å². The maximum Gasteiger partial charge on any atom is 0.267 e. The molecule has 1 aliphatic heterocycles. The van der Waals surface area contributed by atoms with E-state index in [1.807, 2.05) is 5.38 Å². The molecule has 1 amide bonds. The normalized spacial score (nSPS) is 23.7. The maximum atomic E-state index is 12.2. The first-order valence-electron chi connectivity index (χ1n) is 5.42. The average molecular weight is 256 g/mol. The van der Waals surface area contributed by atoms with Gasteiger partial charge in [-0.2, -0.15) is 0 Å². The number of aliphatic hydroxyl groups excluding tert-OH is 1. The lowest BCUT2D eigenvalue weighted by atomic mass is 10.2. The maximum absolute atomic E-state index is 12.2. The van der Waals surface area contributed by atoms with E-state index in [0.29, 0.717) is 23.7 Å². The number of carbonyl (C=O) groups excluding carboxylic acids is 1.